The SMILES string of the molecule is O=S1(=O)CCCC(c2ccc(O)cc2)C1. The highest BCUT2D eigenvalue weighted by molar-refractivity contribution is 7.91. The average Bonchev–Trinajstić information content (AvgIpc) is 2.17. The Hall–Kier alpha value is -1.03. The fraction of sp³-hybridized carbons (Fsp3) is 0.455. The standard InChI is InChI=1S/C11H14O3S/c12-11-5-3-9(4-6-11)10-2-1-7-15(13,14)8-10/h3-6,10,12H,1-2,7-8H2. The van der Waals surface area contributed by atoms with E-state index >= 15 is 0 Å². The van der Waals surface area contributed by atoms with Crippen LogP contribution >= 0.6 is 0 Å². The minimum atomic E-state index is -2.85. The number of phenols is 1. The second-order valence-corrected chi connectivity index (χ2v) is 6.27. The number of sulfone groups is 1. The van der Waals surface area contributed by atoms with Crippen molar-refractivity contribution >= 4 is 9.84 Å². The van der Waals surface area contributed by atoms with E-state index < -0.39 is 9.84 Å². The molecule has 1 N–H and O–H groups in total. The van der Waals surface area contributed by atoms with Crippen molar-refractivity contribution in [2.75, 3.05) is 11.5 Å². The molecule has 1 fully saturated rings. The van der Waals surface area contributed by atoms with Crippen molar-refractivity contribution in [1.29, 1.82) is 0 Å². The summed E-state index contributed by atoms with van der Waals surface area (Å²) >= 11 is 0. The summed E-state index contributed by atoms with van der Waals surface area (Å²) in [7, 11) is -2.85. The van der Waals surface area contributed by atoms with Crippen molar-refractivity contribution in [3.05, 3.63) is 29.8 Å². The van der Waals surface area contributed by atoms with Gasteiger partial charge in [-0.1, -0.05) is 12.1 Å². The van der Waals surface area contributed by atoms with Crippen LogP contribution in [0.5, 0.6) is 5.75 Å². The molecule has 1 aromatic carbocycles. The van der Waals surface area contributed by atoms with E-state index in [4.69, 9.17) is 5.11 Å². The smallest absolute Gasteiger partial charge is 0.150 e. The van der Waals surface area contributed by atoms with Gasteiger partial charge in [0.1, 0.15) is 5.75 Å². The van der Waals surface area contributed by atoms with Crippen molar-refractivity contribution in [3.63, 3.8) is 0 Å². The summed E-state index contributed by atoms with van der Waals surface area (Å²) in [6, 6.07) is 6.83. The largest absolute Gasteiger partial charge is 0.508 e. The predicted molar refractivity (Wildman–Crippen MR) is 58.7 cm³/mol. The van der Waals surface area contributed by atoms with Crippen LogP contribution in [0.1, 0.15) is 24.3 Å². The first kappa shape index (κ1) is 10.5. The molecule has 0 spiro atoms. The maximum Gasteiger partial charge on any atom is 0.150 e. The van der Waals surface area contributed by atoms with Crippen LogP contribution in [-0.2, 0) is 9.84 Å². The third-order valence-electron chi connectivity index (χ3n) is 2.83. The molecule has 1 saturated heterocycles. The van der Waals surface area contributed by atoms with Gasteiger partial charge in [-0.15, -0.1) is 0 Å². The van der Waals surface area contributed by atoms with E-state index in [1.807, 2.05) is 0 Å². The van der Waals surface area contributed by atoms with E-state index in [9.17, 15) is 8.42 Å². The molecule has 0 amide bonds. The second-order valence-electron chi connectivity index (χ2n) is 4.05. The van der Waals surface area contributed by atoms with Crippen LogP contribution in [0.2, 0.25) is 0 Å². The van der Waals surface area contributed by atoms with Crippen LogP contribution in [0.25, 0.3) is 0 Å². The lowest BCUT2D eigenvalue weighted by Gasteiger charge is -2.22. The molecule has 2 rings (SSSR count). The van der Waals surface area contributed by atoms with Crippen molar-refractivity contribution in [2.45, 2.75) is 18.8 Å². The molecule has 15 heavy (non-hydrogen) atoms. The average molecular weight is 226 g/mol. The highest BCUT2D eigenvalue weighted by atomic mass is 32.2. The summed E-state index contributed by atoms with van der Waals surface area (Å²) in [5.41, 5.74) is 1.01. The third-order valence-corrected chi connectivity index (χ3v) is 4.65. The molecule has 3 nitrogen and oxygen atoms in total. The Morgan fingerprint density at radius 1 is 1.20 bits per heavy atom. The van der Waals surface area contributed by atoms with Crippen molar-refractivity contribution in [3.8, 4) is 5.75 Å². The van der Waals surface area contributed by atoms with E-state index in [1.165, 1.54) is 0 Å². The lowest BCUT2D eigenvalue weighted by Crippen LogP contribution is -2.23. The normalized spacial score (nSPS) is 24.9. The summed E-state index contributed by atoms with van der Waals surface area (Å²) in [6.07, 6.45) is 1.66. The number of phenolic OH excluding ortho intramolecular Hbond substituents is 1. The monoisotopic (exact) mass is 226 g/mol. The van der Waals surface area contributed by atoms with Crippen LogP contribution < -0.4 is 0 Å². The van der Waals surface area contributed by atoms with Gasteiger partial charge in [0.05, 0.1) is 11.5 Å². The van der Waals surface area contributed by atoms with Gasteiger partial charge in [-0.2, -0.15) is 0 Å². The van der Waals surface area contributed by atoms with Crippen molar-refractivity contribution in [1.82, 2.24) is 0 Å². The lowest BCUT2D eigenvalue weighted by molar-refractivity contribution is 0.474. The highest BCUT2D eigenvalue weighted by Crippen LogP contribution is 2.28. The zero-order valence-electron chi connectivity index (χ0n) is 8.39. The Balaban J connectivity index is 2.21. The van der Waals surface area contributed by atoms with Gasteiger partial charge in [0.15, 0.2) is 9.84 Å². The van der Waals surface area contributed by atoms with Gasteiger partial charge in [0.25, 0.3) is 0 Å². The summed E-state index contributed by atoms with van der Waals surface area (Å²) in [5.74, 6) is 0.890. The predicted octanol–water partition coefficient (Wildman–Crippen LogP) is 1.68. The maximum absolute atomic E-state index is 11.5. The van der Waals surface area contributed by atoms with Gasteiger partial charge in [-0.3, -0.25) is 0 Å². The minimum absolute atomic E-state index is 0.101. The molecular weight excluding hydrogens is 212 g/mol. The number of aromatic hydroxyl groups is 1. The highest BCUT2D eigenvalue weighted by Gasteiger charge is 2.25. The van der Waals surface area contributed by atoms with Crippen LogP contribution in [-0.4, -0.2) is 25.0 Å². The molecule has 1 aromatic rings. The van der Waals surface area contributed by atoms with Gasteiger partial charge < -0.3 is 5.11 Å². The number of rotatable bonds is 1. The Morgan fingerprint density at radius 2 is 1.87 bits per heavy atom. The fourth-order valence-corrected chi connectivity index (χ4v) is 3.78. The quantitative estimate of drug-likeness (QED) is 0.792. The molecular formula is C11H14O3S. The van der Waals surface area contributed by atoms with Gasteiger partial charge in [0, 0.05) is 0 Å². The molecule has 1 unspecified atom stereocenters. The van der Waals surface area contributed by atoms with Crippen molar-refractivity contribution < 1.29 is 13.5 Å². The van der Waals surface area contributed by atoms with Gasteiger partial charge in [0.2, 0.25) is 0 Å². The van der Waals surface area contributed by atoms with E-state index in [0.717, 1.165) is 18.4 Å². The van der Waals surface area contributed by atoms with E-state index in [-0.39, 0.29) is 17.4 Å². The molecule has 82 valence electrons. The number of hydrogen-bond acceptors (Lipinski definition) is 3. The molecule has 0 saturated carbocycles. The lowest BCUT2D eigenvalue weighted by atomic mass is 9.96. The first-order chi connectivity index (χ1) is 7.07. The van der Waals surface area contributed by atoms with Crippen LogP contribution in [0.4, 0.5) is 0 Å². The molecule has 0 radical (unpaired) electrons. The maximum atomic E-state index is 11.5. The Labute approximate surface area is 89.7 Å². The van der Waals surface area contributed by atoms with E-state index in [2.05, 4.69) is 0 Å². The number of benzene rings is 1. The molecule has 1 atom stereocenters. The molecule has 1 aliphatic rings. The Bertz CT molecular complexity index is 433. The van der Waals surface area contributed by atoms with E-state index in [1.54, 1.807) is 24.3 Å². The van der Waals surface area contributed by atoms with Crippen LogP contribution in [0.15, 0.2) is 24.3 Å². The second kappa shape index (κ2) is 3.85. The molecule has 0 aromatic heterocycles. The molecule has 4 heteroatoms. The minimum Gasteiger partial charge on any atom is -0.508 e. The first-order valence-corrected chi connectivity index (χ1v) is 6.88. The van der Waals surface area contributed by atoms with E-state index in [0.29, 0.717) is 5.75 Å². The van der Waals surface area contributed by atoms with Gasteiger partial charge >= 0.3 is 0 Å². The summed E-state index contributed by atoms with van der Waals surface area (Å²) in [5, 5.41) is 9.14. The fourth-order valence-electron chi connectivity index (χ4n) is 2.03. The first-order valence-electron chi connectivity index (χ1n) is 5.06. The molecule has 1 aliphatic heterocycles. The summed E-state index contributed by atoms with van der Waals surface area (Å²) in [4.78, 5) is 0. The molecule has 0 bridgehead atoms. The molecule has 1 heterocycles. The number of hydrogen-bond donors (Lipinski definition) is 1. The molecule has 0 aliphatic carbocycles. The Morgan fingerprint density at radius 3 is 2.47 bits per heavy atom. The van der Waals surface area contributed by atoms with Gasteiger partial charge in [-0.25, -0.2) is 8.42 Å². The Kier molecular flexibility index (Phi) is 2.69. The van der Waals surface area contributed by atoms with Crippen LogP contribution in [0, 0.1) is 0 Å². The zero-order chi connectivity index (χ0) is 10.9. The summed E-state index contributed by atoms with van der Waals surface area (Å²) in [6.45, 7) is 0. The zero-order valence-corrected chi connectivity index (χ0v) is 9.20. The van der Waals surface area contributed by atoms with Crippen LogP contribution in [0.3, 0.4) is 0 Å². The third kappa shape index (κ3) is 2.50. The van der Waals surface area contributed by atoms with Crippen molar-refractivity contribution in [2.24, 2.45) is 0 Å². The van der Waals surface area contributed by atoms with Gasteiger partial charge in [-0.05, 0) is 36.5 Å². The topological polar surface area (TPSA) is 54.4 Å². The summed E-state index contributed by atoms with van der Waals surface area (Å²) < 4.78 is 22.9.